The van der Waals surface area contributed by atoms with Gasteiger partial charge in [0.15, 0.2) is 0 Å². The fourth-order valence-electron chi connectivity index (χ4n) is 4.65. The van der Waals surface area contributed by atoms with E-state index in [-0.39, 0.29) is 29.0 Å². The highest BCUT2D eigenvalue weighted by atomic mass is 32.2. The number of primary sulfonamides is 1. The number of hydrogen-bond acceptors (Lipinski definition) is 7. The summed E-state index contributed by atoms with van der Waals surface area (Å²) in [7, 11) is -2.13. The van der Waals surface area contributed by atoms with Crippen molar-refractivity contribution in [2.75, 3.05) is 38.2 Å². The van der Waals surface area contributed by atoms with Gasteiger partial charge in [-0.3, -0.25) is 14.2 Å². The molecule has 2 heterocycles. The summed E-state index contributed by atoms with van der Waals surface area (Å²) in [5.41, 5.74) is 3.03. The van der Waals surface area contributed by atoms with E-state index >= 15 is 0 Å². The maximum absolute atomic E-state index is 13.3. The number of sulfonamides is 1. The van der Waals surface area contributed by atoms with Gasteiger partial charge < -0.3 is 14.5 Å². The number of methoxy groups -OCH3 is 1. The average Bonchev–Trinajstić information content (AvgIpc) is 2.84. The number of anilines is 1. The lowest BCUT2D eigenvalue weighted by Crippen LogP contribution is -2.52. The van der Waals surface area contributed by atoms with E-state index in [4.69, 9.17) is 9.88 Å². The molecular weight excluding hydrogens is 494 g/mol. The molecule has 1 aliphatic rings. The number of ether oxygens (including phenoxy) is 1. The number of aryl methyl sites for hydroxylation is 3. The van der Waals surface area contributed by atoms with Crippen LogP contribution >= 0.6 is 0 Å². The van der Waals surface area contributed by atoms with Crippen LogP contribution in [0.4, 0.5) is 5.69 Å². The number of fused-ring (bicyclic) bond motifs is 1. The largest absolute Gasteiger partial charge is 0.380 e. The minimum Gasteiger partial charge on any atom is -0.380 e. The number of amides is 1. The van der Waals surface area contributed by atoms with Crippen molar-refractivity contribution in [2.24, 2.45) is 5.14 Å². The number of piperazine rings is 1. The minimum absolute atomic E-state index is 0.0177. The first-order valence-electron chi connectivity index (χ1n) is 12.2. The molecule has 37 heavy (non-hydrogen) atoms. The quantitative estimate of drug-likeness (QED) is 0.471. The van der Waals surface area contributed by atoms with E-state index in [1.807, 2.05) is 35.8 Å². The highest BCUT2D eigenvalue weighted by Crippen LogP contribution is 2.22. The van der Waals surface area contributed by atoms with Gasteiger partial charge in [-0.1, -0.05) is 6.07 Å². The van der Waals surface area contributed by atoms with E-state index in [0.717, 1.165) is 16.8 Å². The highest BCUT2D eigenvalue weighted by Gasteiger charge is 2.25. The van der Waals surface area contributed by atoms with Crippen LogP contribution in [0.5, 0.6) is 0 Å². The van der Waals surface area contributed by atoms with E-state index in [9.17, 15) is 18.0 Å². The van der Waals surface area contributed by atoms with Gasteiger partial charge in [0.2, 0.25) is 15.9 Å². The van der Waals surface area contributed by atoms with Crippen molar-refractivity contribution in [3.8, 4) is 0 Å². The molecule has 198 valence electrons. The number of carbonyl (C=O) groups excluding carboxylic acids is 1. The lowest BCUT2D eigenvalue weighted by molar-refractivity contribution is -0.132. The van der Waals surface area contributed by atoms with Crippen LogP contribution in [0.2, 0.25) is 0 Å². The third kappa shape index (κ3) is 5.84. The summed E-state index contributed by atoms with van der Waals surface area (Å²) in [6, 6.07) is 10.3. The first-order valence-corrected chi connectivity index (χ1v) is 13.7. The van der Waals surface area contributed by atoms with Crippen LogP contribution in [-0.4, -0.2) is 68.2 Å². The van der Waals surface area contributed by atoms with Gasteiger partial charge in [-0.2, -0.15) is 0 Å². The highest BCUT2D eigenvalue weighted by molar-refractivity contribution is 7.89. The molecular formula is C26H33N5O5S. The normalized spacial score (nSPS) is 15.4. The fraction of sp³-hybridized carbons (Fsp3) is 0.423. The molecule has 10 nitrogen and oxygen atoms in total. The summed E-state index contributed by atoms with van der Waals surface area (Å²) in [4.78, 5) is 34.5. The first-order chi connectivity index (χ1) is 17.5. The summed E-state index contributed by atoms with van der Waals surface area (Å²) in [6.07, 6.45) is 0.521. The third-order valence-electron chi connectivity index (χ3n) is 6.94. The van der Waals surface area contributed by atoms with Gasteiger partial charge in [-0.15, -0.1) is 0 Å². The Bertz CT molecular complexity index is 1500. The van der Waals surface area contributed by atoms with Crippen molar-refractivity contribution in [2.45, 2.75) is 44.7 Å². The molecule has 2 N–H and O–H groups in total. The van der Waals surface area contributed by atoms with Gasteiger partial charge in [-0.25, -0.2) is 18.5 Å². The second-order valence-corrected chi connectivity index (χ2v) is 11.1. The van der Waals surface area contributed by atoms with Gasteiger partial charge in [0, 0.05) is 39.0 Å². The third-order valence-corrected chi connectivity index (χ3v) is 7.85. The maximum Gasteiger partial charge on any atom is 0.261 e. The van der Waals surface area contributed by atoms with E-state index in [1.54, 1.807) is 36.8 Å². The smallest absolute Gasteiger partial charge is 0.261 e. The molecule has 1 fully saturated rings. The Kier molecular flexibility index (Phi) is 7.67. The molecule has 0 aliphatic carbocycles. The van der Waals surface area contributed by atoms with Gasteiger partial charge in [0.05, 0.1) is 28.4 Å². The summed E-state index contributed by atoms with van der Waals surface area (Å²) < 4.78 is 30.1. The number of rotatable bonds is 8. The van der Waals surface area contributed by atoms with Crippen LogP contribution < -0.4 is 15.6 Å². The van der Waals surface area contributed by atoms with Crippen molar-refractivity contribution in [3.05, 3.63) is 63.7 Å². The van der Waals surface area contributed by atoms with E-state index in [0.29, 0.717) is 49.3 Å². The molecule has 0 saturated carbocycles. The number of carbonyl (C=O) groups is 1. The standard InChI is InChI=1S/C26H33N5O5S/c1-17-13-22(37(27,34)35)7-5-20(17)9-10-31-19(3)28-24-14-21(6-8-23(24)26(31)33)29-11-12-30(25(32)16-29)15-18(2)36-4/h5-8,13-14,18H,9-12,15-16H2,1-4H3,(H2,27,34,35)/t18-/m0/s1. The second kappa shape index (κ2) is 10.6. The molecule has 0 bridgehead atoms. The number of benzene rings is 2. The molecule has 1 atom stereocenters. The van der Waals surface area contributed by atoms with Crippen LogP contribution in [0.25, 0.3) is 10.9 Å². The van der Waals surface area contributed by atoms with Crippen LogP contribution in [0, 0.1) is 13.8 Å². The van der Waals surface area contributed by atoms with Gasteiger partial charge in [0.1, 0.15) is 5.82 Å². The predicted octanol–water partition coefficient (Wildman–Crippen LogP) is 1.59. The Morgan fingerprint density at radius 2 is 1.86 bits per heavy atom. The van der Waals surface area contributed by atoms with Gasteiger partial charge >= 0.3 is 0 Å². The van der Waals surface area contributed by atoms with Gasteiger partial charge in [-0.05, 0) is 68.7 Å². The first kappa shape index (κ1) is 26.8. The maximum atomic E-state index is 13.3. The van der Waals surface area contributed by atoms with Crippen molar-refractivity contribution >= 4 is 32.5 Å². The molecule has 1 aliphatic heterocycles. The predicted molar refractivity (Wildman–Crippen MR) is 142 cm³/mol. The molecule has 2 aromatic carbocycles. The lowest BCUT2D eigenvalue weighted by Gasteiger charge is -2.36. The zero-order valence-electron chi connectivity index (χ0n) is 21.6. The summed E-state index contributed by atoms with van der Waals surface area (Å²) in [5, 5.41) is 5.73. The van der Waals surface area contributed by atoms with E-state index in [1.165, 1.54) is 6.07 Å². The second-order valence-electron chi connectivity index (χ2n) is 9.51. The molecule has 3 aromatic rings. The number of nitrogens with two attached hydrogens (primary N) is 1. The molecule has 0 spiro atoms. The Labute approximate surface area is 216 Å². The SMILES string of the molecule is CO[C@@H](C)CN1CCN(c2ccc3c(=O)n(CCc4ccc(S(N)(=O)=O)cc4C)c(C)nc3c2)CC1=O. The zero-order valence-corrected chi connectivity index (χ0v) is 22.4. The van der Waals surface area contributed by atoms with Crippen molar-refractivity contribution in [3.63, 3.8) is 0 Å². The molecule has 1 amide bonds. The zero-order chi connectivity index (χ0) is 26.9. The summed E-state index contributed by atoms with van der Waals surface area (Å²) in [5.74, 6) is 0.630. The monoisotopic (exact) mass is 527 g/mol. The van der Waals surface area contributed by atoms with E-state index in [2.05, 4.69) is 4.98 Å². The fourth-order valence-corrected chi connectivity index (χ4v) is 5.24. The summed E-state index contributed by atoms with van der Waals surface area (Å²) >= 11 is 0. The number of hydrogen-bond donors (Lipinski definition) is 1. The number of nitrogens with zero attached hydrogens (tertiary/aromatic N) is 4. The Morgan fingerprint density at radius 1 is 1.11 bits per heavy atom. The van der Waals surface area contributed by atoms with Crippen molar-refractivity contribution in [1.82, 2.24) is 14.5 Å². The van der Waals surface area contributed by atoms with E-state index < -0.39 is 10.0 Å². The lowest BCUT2D eigenvalue weighted by atomic mass is 10.1. The van der Waals surface area contributed by atoms with Crippen LogP contribution in [0.1, 0.15) is 23.9 Å². The molecule has 1 saturated heterocycles. The molecule has 1 aromatic heterocycles. The number of aromatic nitrogens is 2. The van der Waals surface area contributed by atoms with Crippen LogP contribution in [0.15, 0.2) is 46.1 Å². The van der Waals surface area contributed by atoms with Crippen LogP contribution in [0.3, 0.4) is 0 Å². The van der Waals surface area contributed by atoms with Gasteiger partial charge in [0.25, 0.3) is 5.56 Å². The van der Waals surface area contributed by atoms with Crippen LogP contribution in [-0.2, 0) is 32.5 Å². The Hall–Kier alpha value is -3.28. The molecule has 11 heteroatoms. The Balaban J connectivity index is 1.52. The minimum atomic E-state index is -3.77. The molecule has 4 rings (SSSR count). The molecule has 0 unspecified atom stereocenters. The molecule has 0 radical (unpaired) electrons. The average molecular weight is 528 g/mol. The topological polar surface area (TPSA) is 128 Å². The van der Waals surface area contributed by atoms with Crippen molar-refractivity contribution in [1.29, 1.82) is 0 Å². The summed E-state index contributed by atoms with van der Waals surface area (Å²) in [6.45, 7) is 8.09. The Morgan fingerprint density at radius 3 is 2.51 bits per heavy atom. The van der Waals surface area contributed by atoms with Crippen molar-refractivity contribution < 1.29 is 17.9 Å².